The third kappa shape index (κ3) is 3.17. The highest BCUT2D eigenvalue weighted by atomic mass is 35.5. The summed E-state index contributed by atoms with van der Waals surface area (Å²) >= 11 is 12.2. The van der Waals surface area contributed by atoms with Crippen molar-refractivity contribution in [1.29, 1.82) is 0 Å². The molecule has 0 saturated heterocycles. The maximum absolute atomic E-state index is 6.14. The Morgan fingerprint density at radius 1 is 1.16 bits per heavy atom. The van der Waals surface area contributed by atoms with Gasteiger partial charge in [0.05, 0.1) is 5.02 Å². The molecule has 2 rings (SSSR count). The van der Waals surface area contributed by atoms with Gasteiger partial charge in [-0.05, 0) is 31.5 Å². The first kappa shape index (κ1) is 14.1. The Hall–Kier alpha value is -1.32. The molecule has 0 bridgehead atoms. The Morgan fingerprint density at radius 3 is 2.53 bits per heavy atom. The molecule has 0 radical (unpaired) electrons. The lowest BCUT2D eigenvalue weighted by Gasteiger charge is -2.11. The van der Waals surface area contributed by atoms with Gasteiger partial charge in [-0.15, -0.1) is 0 Å². The molecule has 0 unspecified atom stereocenters. The normalized spacial score (nSPS) is 10.6. The molecule has 1 heterocycles. The highest BCUT2D eigenvalue weighted by Crippen LogP contribution is 2.32. The summed E-state index contributed by atoms with van der Waals surface area (Å²) in [5.74, 6) is 1.66. The van der Waals surface area contributed by atoms with E-state index in [0.717, 1.165) is 5.56 Å². The van der Waals surface area contributed by atoms with Gasteiger partial charge in [-0.25, -0.2) is 4.98 Å². The standard InChI is InChI=1S/C14H14Cl2N2O/c1-4-12-17-13(16)9(3)14(18-12)19-11-6-5-8(2)7-10(11)15/h5-7H,4H2,1-3H3. The van der Waals surface area contributed by atoms with Gasteiger partial charge in [0.1, 0.15) is 16.7 Å². The Kier molecular flexibility index (Phi) is 4.27. The highest BCUT2D eigenvalue weighted by molar-refractivity contribution is 6.32. The predicted octanol–water partition coefficient (Wildman–Crippen LogP) is 4.75. The van der Waals surface area contributed by atoms with Gasteiger partial charge < -0.3 is 4.74 Å². The monoisotopic (exact) mass is 296 g/mol. The number of aromatic nitrogens is 2. The van der Waals surface area contributed by atoms with Gasteiger partial charge in [0.15, 0.2) is 0 Å². The average Bonchev–Trinajstić information content (AvgIpc) is 2.37. The van der Waals surface area contributed by atoms with E-state index in [-0.39, 0.29) is 0 Å². The molecule has 0 fully saturated rings. The van der Waals surface area contributed by atoms with Crippen molar-refractivity contribution in [3.8, 4) is 11.6 Å². The second-order valence-electron chi connectivity index (χ2n) is 4.25. The molecule has 0 aliphatic rings. The Morgan fingerprint density at radius 2 is 1.89 bits per heavy atom. The molecule has 0 amide bonds. The van der Waals surface area contributed by atoms with Gasteiger partial charge in [0.25, 0.3) is 0 Å². The number of halogens is 2. The van der Waals surface area contributed by atoms with E-state index in [1.54, 1.807) is 0 Å². The van der Waals surface area contributed by atoms with Crippen LogP contribution in [0.5, 0.6) is 11.6 Å². The Balaban J connectivity index is 2.40. The summed E-state index contributed by atoms with van der Waals surface area (Å²) in [6.07, 6.45) is 0.692. The molecule has 19 heavy (non-hydrogen) atoms. The number of nitrogens with zero attached hydrogens (tertiary/aromatic N) is 2. The quantitative estimate of drug-likeness (QED) is 0.766. The van der Waals surface area contributed by atoms with Crippen molar-refractivity contribution in [2.24, 2.45) is 0 Å². The molecular weight excluding hydrogens is 283 g/mol. The highest BCUT2D eigenvalue weighted by Gasteiger charge is 2.12. The van der Waals surface area contributed by atoms with Crippen LogP contribution in [0.25, 0.3) is 0 Å². The van der Waals surface area contributed by atoms with Crippen LogP contribution in [0.2, 0.25) is 10.2 Å². The van der Waals surface area contributed by atoms with Gasteiger partial charge in [-0.1, -0.05) is 36.2 Å². The lowest BCUT2D eigenvalue weighted by Crippen LogP contribution is -2.00. The fourth-order valence-corrected chi connectivity index (χ4v) is 2.01. The van der Waals surface area contributed by atoms with Crippen LogP contribution in [0.4, 0.5) is 0 Å². The van der Waals surface area contributed by atoms with Crippen molar-refractivity contribution >= 4 is 23.2 Å². The summed E-state index contributed by atoms with van der Waals surface area (Å²) in [6, 6.07) is 5.59. The molecule has 100 valence electrons. The summed E-state index contributed by atoms with van der Waals surface area (Å²) in [5, 5.41) is 0.956. The van der Waals surface area contributed by atoms with Gasteiger partial charge >= 0.3 is 0 Å². The molecule has 0 atom stereocenters. The van der Waals surface area contributed by atoms with Gasteiger partial charge in [0, 0.05) is 12.0 Å². The van der Waals surface area contributed by atoms with Crippen molar-refractivity contribution < 1.29 is 4.74 Å². The van der Waals surface area contributed by atoms with Gasteiger partial charge in [-0.3, -0.25) is 0 Å². The molecule has 2 aromatic rings. The topological polar surface area (TPSA) is 35.0 Å². The van der Waals surface area contributed by atoms with Crippen molar-refractivity contribution in [2.45, 2.75) is 27.2 Å². The molecule has 1 aromatic heterocycles. The zero-order valence-electron chi connectivity index (χ0n) is 11.0. The molecule has 0 spiro atoms. The van der Waals surface area contributed by atoms with Crippen molar-refractivity contribution in [3.63, 3.8) is 0 Å². The van der Waals surface area contributed by atoms with Crippen LogP contribution >= 0.6 is 23.2 Å². The van der Waals surface area contributed by atoms with Crippen LogP contribution in [0.1, 0.15) is 23.9 Å². The minimum absolute atomic E-state index is 0.407. The van der Waals surface area contributed by atoms with Crippen LogP contribution in [0.3, 0.4) is 0 Å². The summed E-state index contributed by atoms with van der Waals surface area (Å²) < 4.78 is 5.75. The molecule has 0 aliphatic heterocycles. The fraction of sp³-hybridized carbons (Fsp3) is 0.286. The number of hydrogen-bond acceptors (Lipinski definition) is 3. The number of aryl methyl sites for hydroxylation is 2. The molecule has 5 heteroatoms. The smallest absolute Gasteiger partial charge is 0.227 e. The first-order valence-electron chi connectivity index (χ1n) is 5.98. The molecule has 0 aliphatic carbocycles. The number of rotatable bonds is 3. The predicted molar refractivity (Wildman–Crippen MR) is 77.4 cm³/mol. The molecule has 0 N–H and O–H groups in total. The second-order valence-corrected chi connectivity index (χ2v) is 5.02. The molecule has 0 saturated carbocycles. The van der Waals surface area contributed by atoms with Crippen LogP contribution < -0.4 is 4.74 Å². The lowest BCUT2D eigenvalue weighted by atomic mass is 10.2. The van der Waals surface area contributed by atoms with Gasteiger partial charge in [0.2, 0.25) is 5.88 Å². The zero-order chi connectivity index (χ0) is 14.0. The van der Waals surface area contributed by atoms with E-state index in [1.165, 1.54) is 0 Å². The number of hydrogen-bond donors (Lipinski definition) is 0. The number of ether oxygens (including phenoxy) is 1. The summed E-state index contributed by atoms with van der Waals surface area (Å²) in [7, 11) is 0. The Labute approximate surface area is 122 Å². The summed E-state index contributed by atoms with van der Waals surface area (Å²) in [5.41, 5.74) is 1.78. The maximum Gasteiger partial charge on any atom is 0.227 e. The minimum atomic E-state index is 0.407. The lowest BCUT2D eigenvalue weighted by molar-refractivity contribution is 0.454. The van der Waals surface area contributed by atoms with Crippen LogP contribution in [0.15, 0.2) is 18.2 Å². The SMILES string of the molecule is CCc1nc(Cl)c(C)c(Oc2ccc(C)cc2Cl)n1. The first-order valence-corrected chi connectivity index (χ1v) is 6.74. The molecule has 1 aromatic carbocycles. The van der Waals surface area contributed by atoms with E-state index in [0.29, 0.717) is 39.6 Å². The summed E-state index contributed by atoms with van der Waals surface area (Å²) in [6.45, 7) is 5.75. The minimum Gasteiger partial charge on any atom is -0.437 e. The zero-order valence-corrected chi connectivity index (χ0v) is 12.5. The third-order valence-electron chi connectivity index (χ3n) is 2.70. The van der Waals surface area contributed by atoms with Crippen LogP contribution in [0, 0.1) is 13.8 Å². The first-order chi connectivity index (χ1) is 9.01. The van der Waals surface area contributed by atoms with E-state index in [4.69, 9.17) is 27.9 Å². The molecule has 3 nitrogen and oxygen atoms in total. The van der Waals surface area contributed by atoms with E-state index in [9.17, 15) is 0 Å². The second kappa shape index (κ2) is 5.76. The van der Waals surface area contributed by atoms with E-state index in [1.807, 2.05) is 39.0 Å². The van der Waals surface area contributed by atoms with Crippen LogP contribution in [-0.4, -0.2) is 9.97 Å². The van der Waals surface area contributed by atoms with E-state index < -0.39 is 0 Å². The third-order valence-corrected chi connectivity index (χ3v) is 3.36. The fourth-order valence-electron chi connectivity index (χ4n) is 1.56. The van der Waals surface area contributed by atoms with Crippen molar-refractivity contribution in [3.05, 3.63) is 45.3 Å². The largest absolute Gasteiger partial charge is 0.437 e. The van der Waals surface area contributed by atoms with Crippen molar-refractivity contribution in [2.75, 3.05) is 0 Å². The average molecular weight is 297 g/mol. The Bertz CT molecular complexity index is 615. The van der Waals surface area contributed by atoms with Crippen molar-refractivity contribution in [1.82, 2.24) is 9.97 Å². The summed E-state index contributed by atoms with van der Waals surface area (Å²) in [4.78, 5) is 8.51. The van der Waals surface area contributed by atoms with E-state index >= 15 is 0 Å². The maximum atomic E-state index is 6.14. The number of benzene rings is 1. The van der Waals surface area contributed by atoms with E-state index in [2.05, 4.69) is 9.97 Å². The van der Waals surface area contributed by atoms with Crippen LogP contribution in [-0.2, 0) is 6.42 Å². The molecular formula is C14H14Cl2N2O. The van der Waals surface area contributed by atoms with Gasteiger partial charge in [-0.2, -0.15) is 4.98 Å².